The smallest absolute Gasteiger partial charge is 0.00618 e. The van der Waals surface area contributed by atoms with Crippen molar-refractivity contribution >= 4 is 0 Å². The Morgan fingerprint density at radius 2 is 1.50 bits per heavy atom. The molecule has 1 atom stereocenters. The van der Waals surface area contributed by atoms with Gasteiger partial charge in [-0.15, -0.1) is 0 Å². The molecule has 0 unspecified atom stereocenters. The first kappa shape index (κ1) is 9.96. The molecule has 0 aliphatic heterocycles. The summed E-state index contributed by atoms with van der Waals surface area (Å²) in [5.41, 5.74) is 0. The first-order valence-electron chi connectivity index (χ1n) is 4.27. The molecule has 0 aromatic heterocycles. The summed E-state index contributed by atoms with van der Waals surface area (Å²) in [7, 11) is 0. The zero-order valence-corrected chi connectivity index (χ0v) is 7.94. The van der Waals surface area contributed by atoms with Crippen molar-refractivity contribution in [2.45, 2.75) is 40.7 Å². The molecule has 1 heteroatoms. The maximum absolute atomic E-state index is 3.48. The summed E-state index contributed by atoms with van der Waals surface area (Å²) in [4.78, 5) is 0. The lowest BCUT2D eigenvalue weighted by atomic mass is 10.1. The lowest BCUT2D eigenvalue weighted by Gasteiger charge is -2.18. The van der Waals surface area contributed by atoms with Crippen LogP contribution in [-0.2, 0) is 0 Å². The second-order valence-corrected chi connectivity index (χ2v) is 3.83. The van der Waals surface area contributed by atoms with E-state index in [0.717, 1.165) is 18.4 Å². The molecule has 0 radical (unpaired) electrons. The summed E-state index contributed by atoms with van der Waals surface area (Å²) >= 11 is 0. The van der Waals surface area contributed by atoms with Crippen LogP contribution < -0.4 is 5.32 Å². The van der Waals surface area contributed by atoms with Crippen molar-refractivity contribution in [3.63, 3.8) is 0 Å². The predicted molar refractivity (Wildman–Crippen MR) is 47.1 cm³/mol. The molecule has 0 aliphatic carbocycles. The Kier molecular flexibility index (Phi) is 4.71. The molecule has 0 aromatic rings. The third kappa shape index (κ3) is 4.80. The molecule has 0 heterocycles. The molecular weight excluding hydrogens is 122 g/mol. The van der Waals surface area contributed by atoms with Gasteiger partial charge in [-0.25, -0.2) is 0 Å². The molecule has 0 fully saturated rings. The summed E-state index contributed by atoms with van der Waals surface area (Å²) in [5, 5.41) is 3.48. The normalized spacial score (nSPS) is 14.7. The maximum Gasteiger partial charge on any atom is 0.00618 e. The quantitative estimate of drug-likeness (QED) is 0.636. The molecule has 0 aromatic carbocycles. The van der Waals surface area contributed by atoms with Gasteiger partial charge in [0.05, 0.1) is 0 Å². The Morgan fingerprint density at radius 1 is 1.00 bits per heavy atom. The maximum atomic E-state index is 3.48. The molecule has 0 saturated carbocycles. The molecule has 1 N–H and O–H groups in total. The minimum absolute atomic E-state index is 0.655. The zero-order valence-electron chi connectivity index (χ0n) is 7.94. The van der Waals surface area contributed by atoms with Gasteiger partial charge in [0.1, 0.15) is 0 Å². The molecule has 62 valence electrons. The largest absolute Gasteiger partial charge is 0.314 e. The van der Waals surface area contributed by atoms with Gasteiger partial charge in [-0.1, -0.05) is 27.7 Å². The van der Waals surface area contributed by atoms with Crippen LogP contribution in [0.1, 0.15) is 34.6 Å². The summed E-state index contributed by atoms with van der Waals surface area (Å²) in [6.07, 6.45) is 0. The predicted octanol–water partition coefficient (Wildman–Crippen LogP) is 2.28. The summed E-state index contributed by atoms with van der Waals surface area (Å²) in [6.45, 7) is 12.3. The number of rotatable bonds is 4. The van der Waals surface area contributed by atoms with Gasteiger partial charge in [-0.2, -0.15) is 0 Å². The Morgan fingerprint density at radius 3 is 1.80 bits per heavy atom. The van der Waals surface area contributed by atoms with Crippen LogP contribution in [0.25, 0.3) is 0 Å². The average molecular weight is 143 g/mol. The Balaban J connectivity index is 3.30. The lowest BCUT2D eigenvalue weighted by molar-refractivity contribution is 0.401. The molecule has 0 spiro atoms. The summed E-state index contributed by atoms with van der Waals surface area (Å²) in [5.74, 6) is 1.51. The molecule has 0 saturated heterocycles. The highest BCUT2D eigenvalue weighted by Crippen LogP contribution is 2.00. The first-order valence-corrected chi connectivity index (χ1v) is 4.27. The van der Waals surface area contributed by atoms with Crippen molar-refractivity contribution < 1.29 is 0 Å². The molecule has 10 heavy (non-hydrogen) atoms. The fraction of sp³-hybridized carbons (Fsp3) is 1.00. The Bertz CT molecular complexity index is 76.8. The minimum Gasteiger partial charge on any atom is -0.314 e. The average Bonchev–Trinajstić information content (AvgIpc) is 1.82. The number of nitrogens with one attached hydrogen (secondary N) is 1. The first-order chi connectivity index (χ1) is 4.54. The van der Waals surface area contributed by atoms with E-state index in [0.29, 0.717) is 6.04 Å². The third-order valence-corrected chi connectivity index (χ3v) is 1.85. The number of hydrogen-bond donors (Lipinski definition) is 1. The molecular formula is C9H21N. The number of hydrogen-bond acceptors (Lipinski definition) is 1. The molecule has 0 amide bonds. The van der Waals surface area contributed by atoms with E-state index in [4.69, 9.17) is 0 Å². The van der Waals surface area contributed by atoms with Gasteiger partial charge in [0, 0.05) is 6.04 Å². The van der Waals surface area contributed by atoms with Gasteiger partial charge in [-0.3, -0.25) is 0 Å². The van der Waals surface area contributed by atoms with Crippen LogP contribution in [0, 0.1) is 11.8 Å². The van der Waals surface area contributed by atoms with Gasteiger partial charge in [0.25, 0.3) is 0 Å². The highest BCUT2D eigenvalue weighted by Gasteiger charge is 2.05. The van der Waals surface area contributed by atoms with Crippen LogP contribution in [0.4, 0.5) is 0 Å². The van der Waals surface area contributed by atoms with E-state index < -0.39 is 0 Å². The van der Waals surface area contributed by atoms with Crippen LogP contribution in [0.5, 0.6) is 0 Å². The molecule has 1 nitrogen and oxygen atoms in total. The topological polar surface area (TPSA) is 12.0 Å². The summed E-state index contributed by atoms with van der Waals surface area (Å²) < 4.78 is 0. The Labute approximate surface area is 65.2 Å². The van der Waals surface area contributed by atoms with Crippen LogP contribution in [0.15, 0.2) is 0 Å². The second-order valence-electron chi connectivity index (χ2n) is 3.83. The van der Waals surface area contributed by atoms with Gasteiger partial charge < -0.3 is 5.32 Å². The van der Waals surface area contributed by atoms with E-state index in [1.807, 2.05) is 0 Å². The van der Waals surface area contributed by atoms with Gasteiger partial charge in [0.15, 0.2) is 0 Å². The van der Waals surface area contributed by atoms with Crippen LogP contribution in [0.3, 0.4) is 0 Å². The van der Waals surface area contributed by atoms with Crippen molar-refractivity contribution in [3.05, 3.63) is 0 Å². The third-order valence-electron chi connectivity index (χ3n) is 1.85. The van der Waals surface area contributed by atoms with Gasteiger partial charge in [-0.05, 0) is 25.3 Å². The van der Waals surface area contributed by atoms with Gasteiger partial charge in [0.2, 0.25) is 0 Å². The zero-order chi connectivity index (χ0) is 8.15. The van der Waals surface area contributed by atoms with Crippen molar-refractivity contribution in [3.8, 4) is 0 Å². The fourth-order valence-electron chi connectivity index (χ4n) is 0.657. The highest BCUT2D eigenvalue weighted by atomic mass is 14.9. The standard InChI is InChI=1S/C9H21N/c1-7(2)6-10-9(5)8(3)4/h7-10H,6H2,1-5H3/t9-/m0/s1. The van der Waals surface area contributed by atoms with E-state index >= 15 is 0 Å². The van der Waals surface area contributed by atoms with Crippen molar-refractivity contribution in [1.82, 2.24) is 5.32 Å². The molecule has 0 aliphatic rings. The fourth-order valence-corrected chi connectivity index (χ4v) is 0.657. The van der Waals surface area contributed by atoms with E-state index in [1.54, 1.807) is 0 Å². The monoisotopic (exact) mass is 143 g/mol. The van der Waals surface area contributed by atoms with Crippen LogP contribution in [-0.4, -0.2) is 12.6 Å². The Hall–Kier alpha value is -0.0400. The second kappa shape index (κ2) is 4.73. The van der Waals surface area contributed by atoms with Crippen LogP contribution >= 0.6 is 0 Å². The molecule has 0 bridgehead atoms. The SMILES string of the molecule is CC(C)CN[C@@H](C)C(C)C. The van der Waals surface area contributed by atoms with E-state index in [2.05, 4.69) is 39.9 Å². The van der Waals surface area contributed by atoms with E-state index in [1.165, 1.54) is 0 Å². The van der Waals surface area contributed by atoms with Gasteiger partial charge >= 0.3 is 0 Å². The van der Waals surface area contributed by atoms with Crippen molar-refractivity contribution in [2.24, 2.45) is 11.8 Å². The van der Waals surface area contributed by atoms with E-state index in [9.17, 15) is 0 Å². The molecule has 0 rings (SSSR count). The lowest BCUT2D eigenvalue weighted by Crippen LogP contribution is -2.33. The van der Waals surface area contributed by atoms with E-state index in [-0.39, 0.29) is 0 Å². The highest BCUT2D eigenvalue weighted by molar-refractivity contribution is 4.64. The minimum atomic E-state index is 0.655. The van der Waals surface area contributed by atoms with Crippen molar-refractivity contribution in [1.29, 1.82) is 0 Å². The van der Waals surface area contributed by atoms with Crippen LogP contribution in [0.2, 0.25) is 0 Å². The summed E-state index contributed by atoms with van der Waals surface area (Å²) in [6, 6.07) is 0.655. The van der Waals surface area contributed by atoms with Crippen molar-refractivity contribution in [2.75, 3.05) is 6.54 Å².